The predicted octanol–water partition coefficient (Wildman–Crippen LogP) is 5.38. The number of halogens is 1. The van der Waals surface area contributed by atoms with Crippen LogP contribution in [0, 0.1) is 5.82 Å². The Bertz CT molecular complexity index is 1430. The first kappa shape index (κ1) is 20.5. The summed E-state index contributed by atoms with van der Waals surface area (Å²) in [4.78, 5) is 12.4. The van der Waals surface area contributed by atoms with E-state index in [0.29, 0.717) is 12.1 Å². The molecule has 5 aromatic rings. The van der Waals surface area contributed by atoms with Crippen molar-refractivity contribution in [1.82, 2.24) is 14.6 Å². The highest BCUT2D eigenvalue weighted by atomic mass is 19.1. The lowest BCUT2D eigenvalue weighted by Gasteiger charge is -2.06. The molecule has 162 valence electrons. The van der Waals surface area contributed by atoms with Crippen LogP contribution >= 0.6 is 0 Å². The third-order valence-electron chi connectivity index (χ3n) is 5.45. The molecule has 3 aromatic carbocycles. The first-order chi connectivity index (χ1) is 16.2. The fourth-order valence-corrected chi connectivity index (χ4v) is 3.79. The summed E-state index contributed by atoms with van der Waals surface area (Å²) in [5.41, 5.74) is 6.91. The number of hydrazone groups is 1. The van der Waals surface area contributed by atoms with Gasteiger partial charge >= 0.3 is 0 Å². The van der Waals surface area contributed by atoms with Gasteiger partial charge in [-0.15, -0.1) is 0 Å². The molecule has 0 aliphatic rings. The van der Waals surface area contributed by atoms with Gasteiger partial charge in [0.1, 0.15) is 5.82 Å². The molecule has 0 bridgehead atoms. The minimum atomic E-state index is -0.271. The van der Waals surface area contributed by atoms with Gasteiger partial charge in [0, 0.05) is 47.3 Å². The van der Waals surface area contributed by atoms with Crippen molar-refractivity contribution in [2.24, 2.45) is 5.10 Å². The average Bonchev–Trinajstić information content (AvgIpc) is 3.50. The van der Waals surface area contributed by atoms with Crippen molar-refractivity contribution in [2.75, 3.05) is 0 Å². The summed E-state index contributed by atoms with van der Waals surface area (Å²) in [6, 6.07) is 25.8. The normalized spacial score (nSPS) is 11.3. The zero-order chi connectivity index (χ0) is 22.6. The van der Waals surface area contributed by atoms with Crippen molar-refractivity contribution in [3.8, 4) is 5.69 Å². The van der Waals surface area contributed by atoms with Gasteiger partial charge in [0.25, 0.3) is 5.91 Å². The summed E-state index contributed by atoms with van der Waals surface area (Å²) in [6.07, 6.45) is 7.50. The van der Waals surface area contributed by atoms with Crippen molar-refractivity contribution >= 4 is 23.0 Å². The average molecular weight is 436 g/mol. The van der Waals surface area contributed by atoms with Gasteiger partial charge in [0.15, 0.2) is 0 Å². The third kappa shape index (κ3) is 4.60. The van der Waals surface area contributed by atoms with Crippen molar-refractivity contribution in [2.45, 2.75) is 6.54 Å². The Kier molecular flexibility index (Phi) is 5.55. The zero-order valence-corrected chi connectivity index (χ0v) is 17.7. The lowest BCUT2D eigenvalue weighted by atomic mass is 10.1. The number of aromatic nitrogens is 2. The predicted molar refractivity (Wildman–Crippen MR) is 128 cm³/mol. The lowest BCUT2D eigenvalue weighted by Crippen LogP contribution is -2.17. The van der Waals surface area contributed by atoms with Crippen LogP contribution in [0.15, 0.2) is 109 Å². The van der Waals surface area contributed by atoms with Crippen molar-refractivity contribution < 1.29 is 9.18 Å². The van der Waals surface area contributed by atoms with Crippen LogP contribution in [0.3, 0.4) is 0 Å². The number of carbonyl (C=O) groups is 1. The van der Waals surface area contributed by atoms with Gasteiger partial charge in [-0.3, -0.25) is 4.79 Å². The molecule has 0 saturated heterocycles. The van der Waals surface area contributed by atoms with Gasteiger partial charge in [0.2, 0.25) is 0 Å². The topological polar surface area (TPSA) is 51.3 Å². The Hall–Kier alpha value is -4.45. The first-order valence-electron chi connectivity index (χ1n) is 10.6. The van der Waals surface area contributed by atoms with Gasteiger partial charge in [-0.1, -0.05) is 18.2 Å². The van der Waals surface area contributed by atoms with Crippen LogP contribution < -0.4 is 5.43 Å². The van der Waals surface area contributed by atoms with Crippen LogP contribution in [-0.4, -0.2) is 21.3 Å². The molecule has 0 aliphatic carbocycles. The summed E-state index contributed by atoms with van der Waals surface area (Å²) in [6.45, 7) is 0.591. The van der Waals surface area contributed by atoms with Crippen LogP contribution in [0.4, 0.5) is 4.39 Å². The Morgan fingerprint density at radius 1 is 0.909 bits per heavy atom. The number of amides is 1. The number of nitrogens with zero attached hydrogens (tertiary/aromatic N) is 3. The molecule has 0 radical (unpaired) electrons. The number of carbonyl (C=O) groups excluding carboxylic acids is 1. The first-order valence-corrected chi connectivity index (χ1v) is 10.6. The molecule has 0 spiro atoms. The number of hydrogen-bond acceptors (Lipinski definition) is 2. The van der Waals surface area contributed by atoms with E-state index in [2.05, 4.69) is 15.1 Å². The van der Waals surface area contributed by atoms with Crippen LogP contribution in [0.1, 0.15) is 21.5 Å². The van der Waals surface area contributed by atoms with E-state index in [4.69, 9.17) is 0 Å². The van der Waals surface area contributed by atoms with Crippen LogP contribution in [0.5, 0.6) is 0 Å². The molecule has 5 rings (SSSR count). The number of hydrogen-bond donors (Lipinski definition) is 1. The van der Waals surface area contributed by atoms with Gasteiger partial charge in [-0.25, -0.2) is 9.82 Å². The fourth-order valence-electron chi connectivity index (χ4n) is 3.79. The molecule has 0 fully saturated rings. The summed E-state index contributed by atoms with van der Waals surface area (Å²) in [5.74, 6) is -0.506. The molecule has 0 atom stereocenters. The standard InChI is InChI=1S/C27H21FN4O/c28-24-5-3-4-21(17-24)19-32-15-12-23-16-20(6-11-26(23)32)18-29-30-27(33)22-7-9-25(10-8-22)31-13-1-2-14-31/h1-18H,19H2,(H,30,33)/b29-18-. The third-order valence-corrected chi connectivity index (χ3v) is 5.45. The minimum absolute atomic E-state index is 0.235. The van der Waals surface area contributed by atoms with Gasteiger partial charge in [0.05, 0.1) is 6.21 Å². The molecule has 0 saturated carbocycles. The lowest BCUT2D eigenvalue weighted by molar-refractivity contribution is 0.0955. The number of nitrogens with one attached hydrogen (secondary N) is 1. The molecule has 2 heterocycles. The maximum atomic E-state index is 13.5. The SMILES string of the molecule is O=C(N/N=C\c1ccc2c(ccn2Cc2cccc(F)c2)c1)c1ccc(-n2cccc2)cc1. The Morgan fingerprint density at radius 2 is 1.73 bits per heavy atom. The van der Waals surface area contributed by atoms with E-state index in [0.717, 1.165) is 27.7 Å². The Morgan fingerprint density at radius 3 is 2.52 bits per heavy atom. The molecule has 6 heteroatoms. The molecule has 0 aliphatic heterocycles. The molecule has 1 N–H and O–H groups in total. The summed E-state index contributed by atoms with van der Waals surface area (Å²) in [7, 11) is 0. The highest BCUT2D eigenvalue weighted by Gasteiger charge is 2.06. The summed E-state index contributed by atoms with van der Waals surface area (Å²) >= 11 is 0. The van der Waals surface area contributed by atoms with Crippen LogP contribution in [0.25, 0.3) is 16.6 Å². The maximum absolute atomic E-state index is 13.5. The molecule has 0 unspecified atom stereocenters. The molecule has 33 heavy (non-hydrogen) atoms. The molecular formula is C27H21FN4O. The smallest absolute Gasteiger partial charge is 0.271 e. The highest BCUT2D eigenvalue weighted by Crippen LogP contribution is 2.19. The summed E-state index contributed by atoms with van der Waals surface area (Å²) < 4.78 is 17.5. The van der Waals surface area contributed by atoms with E-state index in [1.807, 2.05) is 77.8 Å². The highest BCUT2D eigenvalue weighted by molar-refractivity contribution is 5.95. The second-order valence-corrected chi connectivity index (χ2v) is 7.73. The van der Waals surface area contributed by atoms with Gasteiger partial charge < -0.3 is 9.13 Å². The van der Waals surface area contributed by atoms with E-state index in [-0.39, 0.29) is 11.7 Å². The quantitative estimate of drug-likeness (QED) is 0.282. The number of benzene rings is 3. The molecule has 2 aromatic heterocycles. The van der Waals surface area contributed by atoms with Crippen LogP contribution in [0.2, 0.25) is 0 Å². The Balaban J connectivity index is 1.24. The minimum Gasteiger partial charge on any atom is -0.343 e. The van der Waals surface area contributed by atoms with E-state index in [1.54, 1.807) is 30.5 Å². The number of rotatable bonds is 6. The van der Waals surface area contributed by atoms with Crippen molar-refractivity contribution in [3.63, 3.8) is 0 Å². The maximum Gasteiger partial charge on any atom is 0.271 e. The molecule has 1 amide bonds. The second-order valence-electron chi connectivity index (χ2n) is 7.73. The second kappa shape index (κ2) is 8.96. The number of fused-ring (bicyclic) bond motifs is 1. The monoisotopic (exact) mass is 436 g/mol. The van der Waals surface area contributed by atoms with E-state index >= 15 is 0 Å². The Labute approximate surface area is 190 Å². The fraction of sp³-hybridized carbons (Fsp3) is 0.0370. The molecular weight excluding hydrogens is 415 g/mol. The van der Waals surface area contributed by atoms with Gasteiger partial charge in [-0.05, 0) is 77.9 Å². The largest absolute Gasteiger partial charge is 0.343 e. The zero-order valence-electron chi connectivity index (χ0n) is 17.7. The molecule has 5 nitrogen and oxygen atoms in total. The van der Waals surface area contributed by atoms with Crippen molar-refractivity contribution in [1.29, 1.82) is 0 Å². The van der Waals surface area contributed by atoms with E-state index in [1.165, 1.54) is 6.07 Å². The summed E-state index contributed by atoms with van der Waals surface area (Å²) in [5, 5.41) is 5.15. The van der Waals surface area contributed by atoms with Crippen LogP contribution in [-0.2, 0) is 6.54 Å². The van der Waals surface area contributed by atoms with E-state index in [9.17, 15) is 9.18 Å². The van der Waals surface area contributed by atoms with Crippen molar-refractivity contribution in [3.05, 3.63) is 126 Å². The van der Waals surface area contributed by atoms with Gasteiger partial charge in [-0.2, -0.15) is 5.10 Å². The van der Waals surface area contributed by atoms with E-state index < -0.39 is 0 Å².